The van der Waals surface area contributed by atoms with E-state index in [-0.39, 0.29) is 30.6 Å². The molecule has 1 aromatic rings. The van der Waals surface area contributed by atoms with Gasteiger partial charge in [0.25, 0.3) is 5.91 Å². The number of amides is 2. The fourth-order valence-corrected chi connectivity index (χ4v) is 3.51. The summed E-state index contributed by atoms with van der Waals surface area (Å²) in [7, 11) is 0. The van der Waals surface area contributed by atoms with Gasteiger partial charge in [-0.05, 0) is 52.0 Å². The van der Waals surface area contributed by atoms with Gasteiger partial charge in [-0.25, -0.2) is 4.79 Å². The molecule has 7 nitrogen and oxygen atoms in total. The van der Waals surface area contributed by atoms with Crippen molar-refractivity contribution in [2.45, 2.75) is 52.2 Å². The Labute approximate surface area is 164 Å². The summed E-state index contributed by atoms with van der Waals surface area (Å²) in [6.45, 7) is 7.93. The number of piperidine rings is 1. The van der Waals surface area contributed by atoms with Crippen LogP contribution in [0.3, 0.4) is 0 Å². The molecule has 1 aliphatic heterocycles. The molecular weight excluding hydrogens is 368 g/mol. The van der Waals surface area contributed by atoms with Crippen LogP contribution in [0.15, 0.2) is 17.5 Å². The Morgan fingerprint density at radius 1 is 1.30 bits per heavy atom. The second-order valence-electron chi connectivity index (χ2n) is 7.65. The lowest BCUT2D eigenvalue weighted by atomic mass is 9.97. The zero-order chi connectivity index (χ0) is 20.0. The van der Waals surface area contributed by atoms with Gasteiger partial charge in [0.1, 0.15) is 5.60 Å². The largest absolute Gasteiger partial charge is 0.455 e. The molecule has 0 saturated carbocycles. The Morgan fingerprint density at radius 3 is 2.52 bits per heavy atom. The molecule has 1 saturated heterocycles. The maximum absolute atomic E-state index is 12.2. The fraction of sp³-hybridized carbons (Fsp3) is 0.632. The van der Waals surface area contributed by atoms with Crippen LogP contribution < -0.4 is 5.32 Å². The number of nitrogens with one attached hydrogen (secondary N) is 1. The molecular formula is C19H28N2O5S. The van der Waals surface area contributed by atoms with Crippen LogP contribution in [0.2, 0.25) is 0 Å². The summed E-state index contributed by atoms with van der Waals surface area (Å²) in [6.07, 6.45) is 0.646. The van der Waals surface area contributed by atoms with E-state index in [0.29, 0.717) is 25.9 Å². The van der Waals surface area contributed by atoms with Crippen LogP contribution >= 0.6 is 11.3 Å². The predicted octanol–water partition coefficient (Wildman–Crippen LogP) is 3.12. The van der Waals surface area contributed by atoms with Gasteiger partial charge in [0.05, 0.1) is 12.0 Å². The highest BCUT2D eigenvalue weighted by atomic mass is 32.1. The number of esters is 1. The minimum atomic E-state index is -0.541. The lowest BCUT2D eigenvalue weighted by Crippen LogP contribution is -2.43. The average molecular weight is 397 g/mol. The van der Waals surface area contributed by atoms with Crippen LogP contribution in [0, 0.1) is 5.92 Å². The maximum Gasteiger partial charge on any atom is 0.410 e. The van der Waals surface area contributed by atoms with Gasteiger partial charge in [-0.3, -0.25) is 9.59 Å². The van der Waals surface area contributed by atoms with E-state index in [9.17, 15) is 14.4 Å². The minimum Gasteiger partial charge on any atom is -0.455 e. The molecule has 1 aliphatic rings. The smallest absolute Gasteiger partial charge is 0.410 e. The van der Waals surface area contributed by atoms with Crippen molar-refractivity contribution in [3.63, 3.8) is 0 Å². The molecule has 2 rings (SSSR count). The van der Waals surface area contributed by atoms with Crippen LogP contribution in [0.4, 0.5) is 4.79 Å². The monoisotopic (exact) mass is 396 g/mol. The average Bonchev–Trinajstić information content (AvgIpc) is 3.13. The zero-order valence-electron chi connectivity index (χ0n) is 16.3. The SMILES string of the molecule is C[C@H](NC(=O)COC(=O)C1CCN(C(=O)OC(C)(C)C)CC1)c1cccs1. The molecule has 0 radical (unpaired) electrons. The van der Waals surface area contributed by atoms with Gasteiger partial charge in [-0.15, -0.1) is 11.3 Å². The number of hydrogen-bond donors (Lipinski definition) is 1. The van der Waals surface area contributed by atoms with E-state index in [2.05, 4.69) is 5.32 Å². The molecule has 8 heteroatoms. The van der Waals surface area contributed by atoms with Gasteiger partial charge in [-0.2, -0.15) is 0 Å². The highest BCUT2D eigenvalue weighted by Gasteiger charge is 2.31. The quantitative estimate of drug-likeness (QED) is 0.773. The number of nitrogens with zero attached hydrogens (tertiary/aromatic N) is 1. The number of rotatable bonds is 5. The second-order valence-corrected chi connectivity index (χ2v) is 8.63. The van der Waals surface area contributed by atoms with Crippen LogP contribution in [0.25, 0.3) is 0 Å². The van der Waals surface area contributed by atoms with E-state index in [0.717, 1.165) is 4.88 Å². The van der Waals surface area contributed by atoms with Crippen molar-refractivity contribution < 1.29 is 23.9 Å². The molecule has 0 aromatic carbocycles. The van der Waals surface area contributed by atoms with E-state index in [1.165, 1.54) is 0 Å². The standard InChI is InChI=1S/C19H28N2O5S/c1-13(15-6-5-11-27-15)20-16(22)12-25-17(23)14-7-9-21(10-8-14)18(24)26-19(2,3)4/h5-6,11,13-14H,7-10,12H2,1-4H3,(H,20,22)/t13-/m0/s1. The number of carbonyl (C=O) groups excluding carboxylic acids is 3. The molecule has 150 valence electrons. The predicted molar refractivity (Wildman–Crippen MR) is 102 cm³/mol. The molecule has 0 aliphatic carbocycles. The summed E-state index contributed by atoms with van der Waals surface area (Å²) < 4.78 is 10.5. The van der Waals surface area contributed by atoms with E-state index in [1.807, 2.05) is 45.2 Å². The number of thiophene rings is 1. The Kier molecular flexibility index (Phi) is 7.24. The highest BCUT2D eigenvalue weighted by molar-refractivity contribution is 7.10. The van der Waals surface area contributed by atoms with Crippen molar-refractivity contribution >= 4 is 29.3 Å². The molecule has 2 amide bonds. The second kappa shape index (κ2) is 9.21. The number of likely N-dealkylation sites (tertiary alicyclic amines) is 1. The topological polar surface area (TPSA) is 84.9 Å². The Hall–Kier alpha value is -2.09. The molecule has 1 atom stereocenters. The normalized spacial score (nSPS) is 16.5. The lowest BCUT2D eigenvalue weighted by molar-refractivity contribution is -0.154. The lowest BCUT2D eigenvalue weighted by Gasteiger charge is -2.32. The van der Waals surface area contributed by atoms with E-state index in [4.69, 9.17) is 9.47 Å². The van der Waals surface area contributed by atoms with Crippen molar-refractivity contribution in [2.24, 2.45) is 5.92 Å². The summed E-state index contributed by atoms with van der Waals surface area (Å²) in [5.41, 5.74) is -0.541. The van der Waals surface area contributed by atoms with E-state index < -0.39 is 11.6 Å². The molecule has 1 aromatic heterocycles. The van der Waals surface area contributed by atoms with Crippen molar-refractivity contribution in [2.75, 3.05) is 19.7 Å². The summed E-state index contributed by atoms with van der Waals surface area (Å²) in [5, 5.41) is 4.76. The van der Waals surface area contributed by atoms with Crippen LogP contribution in [-0.4, -0.2) is 48.2 Å². The molecule has 2 heterocycles. The first-order valence-corrected chi connectivity index (χ1v) is 10.0. The highest BCUT2D eigenvalue weighted by Crippen LogP contribution is 2.21. The molecule has 27 heavy (non-hydrogen) atoms. The van der Waals surface area contributed by atoms with Gasteiger partial charge in [0.15, 0.2) is 6.61 Å². The van der Waals surface area contributed by atoms with Crippen molar-refractivity contribution in [1.29, 1.82) is 0 Å². The number of ether oxygens (including phenoxy) is 2. The van der Waals surface area contributed by atoms with Gasteiger partial charge in [-0.1, -0.05) is 6.07 Å². The van der Waals surface area contributed by atoms with Gasteiger partial charge < -0.3 is 19.7 Å². The Bertz CT molecular complexity index is 646. The Balaban J connectivity index is 1.70. The van der Waals surface area contributed by atoms with Crippen molar-refractivity contribution in [3.05, 3.63) is 22.4 Å². The van der Waals surface area contributed by atoms with Crippen LogP contribution in [0.1, 0.15) is 51.5 Å². The maximum atomic E-state index is 12.2. The molecule has 1 fully saturated rings. The third-order valence-corrected chi connectivity index (χ3v) is 5.23. The summed E-state index contributed by atoms with van der Waals surface area (Å²) in [5.74, 6) is -1.01. The van der Waals surface area contributed by atoms with Crippen LogP contribution in [0.5, 0.6) is 0 Å². The molecule has 1 N–H and O–H groups in total. The Morgan fingerprint density at radius 2 is 1.96 bits per heavy atom. The fourth-order valence-electron chi connectivity index (χ4n) is 2.77. The molecule has 0 unspecified atom stereocenters. The van der Waals surface area contributed by atoms with Crippen molar-refractivity contribution in [1.82, 2.24) is 10.2 Å². The third kappa shape index (κ3) is 6.86. The first kappa shape index (κ1) is 21.2. The summed E-state index contributed by atoms with van der Waals surface area (Å²) in [6, 6.07) is 3.75. The van der Waals surface area contributed by atoms with Gasteiger partial charge in [0.2, 0.25) is 0 Å². The van der Waals surface area contributed by atoms with E-state index in [1.54, 1.807) is 16.2 Å². The molecule has 0 spiro atoms. The van der Waals surface area contributed by atoms with Gasteiger partial charge >= 0.3 is 12.1 Å². The number of hydrogen-bond acceptors (Lipinski definition) is 6. The third-order valence-electron chi connectivity index (χ3n) is 4.17. The zero-order valence-corrected chi connectivity index (χ0v) is 17.1. The van der Waals surface area contributed by atoms with E-state index >= 15 is 0 Å². The number of carbonyl (C=O) groups is 3. The minimum absolute atomic E-state index is 0.117. The summed E-state index contributed by atoms with van der Waals surface area (Å²) in [4.78, 5) is 38.8. The van der Waals surface area contributed by atoms with Crippen molar-refractivity contribution in [3.8, 4) is 0 Å². The van der Waals surface area contributed by atoms with Crippen LogP contribution in [-0.2, 0) is 19.1 Å². The molecule has 0 bridgehead atoms. The first-order valence-electron chi connectivity index (χ1n) is 9.13. The first-order chi connectivity index (χ1) is 12.7. The van der Waals surface area contributed by atoms with Gasteiger partial charge in [0, 0.05) is 18.0 Å². The summed E-state index contributed by atoms with van der Waals surface area (Å²) >= 11 is 1.56.